The maximum atomic E-state index is 14.5. The van der Waals surface area contributed by atoms with Crippen molar-refractivity contribution in [3.8, 4) is 22.8 Å². The summed E-state index contributed by atoms with van der Waals surface area (Å²) in [5.41, 5.74) is 0.455. The minimum Gasteiger partial charge on any atom is -0.454 e. The molecule has 0 atom stereocenters. The lowest BCUT2D eigenvalue weighted by atomic mass is 10.1. The number of nitrogens with one attached hydrogen (secondary N) is 1. The molecule has 1 amide bonds. The second kappa shape index (κ2) is 11.3. The van der Waals surface area contributed by atoms with Gasteiger partial charge in [-0.2, -0.15) is 9.61 Å². The van der Waals surface area contributed by atoms with Gasteiger partial charge in [0, 0.05) is 23.9 Å². The third-order valence-corrected chi connectivity index (χ3v) is 7.06. The Morgan fingerprint density at radius 1 is 1.05 bits per heavy atom. The first-order valence-corrected chi connectivity index (χ1v) is 14.4. The van der Waals surface area contributed by atoms with Gasteiger partial charge in [-0.15, -0.1) is 10.2 Å². The number of ether oxygens (including phenoxy) is 2. The van der Waals surface area contributed by atoms with Crippen LogP contribution in [0.15, 0.2) is 42.5 Å². The van der Waals surface area contributed by atoms with Gasteiger partial charge in [0.05, 0.1) is 17.1 Å². The van der Waals surface area contributed by atoms with Gasteiger partial charge in [0.25, 0.3) is 0 Å². The summed E-state index contributed by atoms with van der Waals surface area (Å²) >= 11 is 0. The first-order valence-electron chi connectivity index (χ1n) is 12.7. The van der Waals surface area contributed by atoms with Gasteiger partial charge in [0.2, 0.25) is 15.7 Å². The van der Waals surface area contributed by atoms with Crippen molar-refractivity contribution in [2.24, 2.45) is 0 Å². The number of carbonyl (C=O) groups is 1. The maximum Gasteiger partial charge on any atom is 0.414 e. The van der Waals surface area contributed by atoms with Crippen LogP contribution in [0.3, 0.4) is 0 Å². The molecule has 0 aliphatic carbocycles. The predicted molar refractivity (Wildman–Crippen MR) is 150 cm³/mol. The smallest absolute Gasteiger partial charge is 0.414 e. The van der Waals surface area contributed by atoms with E-state index in [4.69, 9.17) is 9.47 Å². The Morgan fingerprint density at radius 2 is 1.76 bits per heavy atom. The van der Waals surface area contributed by atoms with Gasteiger partial charge in [-0.3, -0.25) is 9.62 Å². The van der Waals surface area contributed by atoms with Gasteiger partial charge in [-0.05, 0) is 77.9 Å². The van der Waals surface area contributed by atoms with Crippen molar-refractivity contribution in [1.82, 2.24) is 19.8 Å². The van der Waals surface area contributed by atoms with Crippen LogP contribution >= 0.6 is 0 Å². The average molecular weight is 589 g/mol. The number of halogens is 2. The number of aryl methyl sites for hydroxylation is 1. The van der Waals surface area contributed by atoms with Crippen molar-refractivity contribution in [2.75, 3.05) is 21.9 Å². The monoisotopic (exact) mass is 588 g/mol. The topological polar surface area (TPSA) is 128 Å². The van der Waals surface area contributed by atoms with Gasteiger partial charge in [-0.1, -0.05) is 0 Å². The molecule has 2 aromatic heterocycles. The Labute approximate surface area is 236 Å². The number of anilines is 2. The second-order valence-corrected chi connectivity index (χ2v) is 12.0. The van der Waals surface area contributed by atoms with Gasteiger partial charge in [0.15, 0.2) is 17.4 Å². The molecule has 218 valence electrons. The van der Waals surface area contributed by atoms with Crippen LogP contribution in [0.25, 0.3) is 16.9 Å². The normalized spacial score (nSPS) is 11.9. The van der Waals surface area contributed by atoms with Crippen molar-refractivity contribution in [2.45, 2.75) is 47.1 Å². The predicted octanol–water partition coefficient (Wildman–Crippen LogP) is 5.69. The number of nitrogens with zero attached hydrogens (tertiary/aromatic N) is 5. The number of fused-ring (bicyclic) bond motifs is 1. The van der Waals surface area contributed by atoms with Crippen molar-refractivity contribution in [1.29, 1.82) is 0 Å². The van der Waals surface area contributed by atoms with Crippen LogP contribution in [0, 0.1) is 18.6 Å². The lowest BCUT2D eigenvalue weighted by molar-refractivity contribution is 0.0582. The molecule has 41 heavy (non-hydrogen) atoms. The lowest BCUT2D eigenvalue weighted by Crippen LogP contribution is -2.37. The number of benzene rings is 2. The Bertz CT molecular complexity index is 1720. The molecule has 11 nitrogen and oxygen atoms in total. The lowest BCUT2D eigenvalue weighted by Gasteiger charge is -2.27. The van der Waals surface area contributed by atoms with E-state index in [1.807, 2.05) is 0 Å². The number of amides is 1. The largest absolute Gasteiger partial charge is 0.454 e. The number of sulfonamides is 1. The van der Waals surface area contributed by atoms with Crippen LogP contribution in [0.5, 0.6) is 11.5 Å². The van der Waals surface area contributed by atoms with E-state index in [1.54, 1.807) is 40.7 Å². The van der Waals surface area contributed by atoms with Gasteiger partial charge in [0.1, 0.15) is 17.2 Å². The van der Waals surface area contributed by atoms with E-state index in [9.17, 15) is 22.0 Å². The van der Waals surface area contributed by atoms with Crippen LogP contribution in [-0.4, -0.2) is 52.2 Å². The molecule has 4 aromatic rings. The molecule has 14 heteroatoms. The minimum absolute atomic E-state index is 0.0822. The zero-order chi connectivity index (χ0) is 30.1. The molecule has 0 fully saturated rings. The van der Waals surface area contributed by atoms with Crippen molar-refractivity contribution in [3.05, 3.63) is 59.9 Å². The van der Waals surface area contributed by atoms with Crippen molar-refractivity contribution >= 4 is 33.1 Å². The molecule has 0 unspecified atom stereocenters. The van der Waals surface area contributed by atoms with E-state index >= 15 is 0 Å². The Morgan fingerprint density at radius 3 is 2.39 bits per heavy atom. The summed E-state index contributed by atoms with van der Waals surface area (Å²) in [6, 6.07) is 8.75. The summed E-state index contributed by atoms with van der Waals surface area (Å²) in [6.45, 7) is 10.4. The molecule has 2 aromatic carbocycles. The summed E-state index contributed by atoms with van der Waals surface area (Å²) in [7, 11) is -3.65. The zero-order valence-electron chi connectivity index (χ0n) is 23.4. The molecule has 0 saturated carbocycles. The summed E-state index contributed by atoms with van der Waals surface area (Å²) < 4.78 is 68.0. The number of hydrogen-bond donors (Lipinski definition) is 1. The molecular formula is C27H30F2N6O5S. The van der Waals surface area contributed by atoms with Gasteiger partial charge < -0.3 is 9.47 Å². The summed E-state index contributed by atoms with van der Waals surface area (Å²) in [6.07, 6.45) is -0.631. The van der Waals surface area contributed by atoms with E-state index in [1.165, 1.54) is 34.5 Å². The molecule has 2 heterocycles. The van der Waals surface area contributed by atoms with E-state index in [2.05, 4.69) is 20.0 Å². The van der Waals surface area contributed by atoms with E-state index < -0.39 is 33.4 Å². The van der Waals surface area contributed by atoms with Crippen LogP contribution in [0.2, 0.25) is 0 Å². The molecule has 4 rings (SSSR count). The molecule has 0 aliphatic heterocycles. The molecular weight excluding hydrogens is 558 g/mol. The first kappa shape index (κ1) is 29.6. The van der Waals surface area contributed by atoms with Gasteiger partial charge >= 0.3 is 6.09 Å². The fourth-order valence-corrected chi connectivity index (χ4v) is 4.45. The maximum absolute atomic E-state index is 14.5. The Hall–Kier alpha value is -4.33. The fourth-order valence-electron chi connectivity index (χ4n) is 3.82. The van der Waals surface area contributed by atoms with Crippen LogP contribution in [-0.2, 0) is 14.8 Å². The SMILES string of the molecule is CCN(C(=O)OC(C)(C)C)c1cc(-c2cc(NS(=O)(=O)CC)ccc2Oc2ccc(F)cc2F)nn2c(C)nnc12. The number of aromatic nitrogens is 4. The number of hydrogen-bond acceptors (Lipinski definition) is 8. The Balaban J connectivity index is 1.93. The summed E-state index contributed by atoms with van der Waals surface area (Å²) in [5.74, 6) is -1.66. The highest BCUT2D eigenvalue weighted by atomic mass is 32.2. The standard InChI is InChI=1S/C27H30F2N6O5S/c1-7-34(26(36)40-27(4,5)6)22-15-21(32-35-16(3)30-31-25(22)35)19-14-18(33-41(37,38)8-2)10-12-23(19)39-24-11-9-17(28)13-20(24)29/h9-15,33H,7-8H2,1-6H3. The number of rotatable bonds is 8. The minimum atomic E-state index is -3.65. The quantitative estimate of drug-likeness (QED) is 0.278. The summed E-state index contributed by atoms with van der Waals surface area (Å²) in [5, 5.41) is 12.9. The molecule has 0 bridgehead atoms. The highest BCUT2D eigenvalue weighted by molar-refractivity contribution is 7.92. The zero-order valence-corrected chi connectivity index (χ0v) is 24.2. The van der Waals surface area contributed by atoms with Crippen LogP contribution in [0.1, 0.15) is 40.4 Å². The van der Waals surface area contributed by atoms with Crippen LogP contribution < -0.4 is 14.4 Å². The molecule has 0 spiro atoms. The van der Waals surface area contributed by atoms with Gasteiger partial charge in [-0.25, -0.2) is 22.0 Å². The molecule has 0 saturated heterocycles. The first-order chi connectivity index (χ1) is 19.2. The van der Waals surface area contributed by atoms with Crippen molar-refractivity contribution in [3.63, 3.8) is 0 Å². The van der Waals surface area contributed by atoms with E-state index in [0.717, 1.165) is 12.1 Å². The molecule has 0 radical (unpaired) electrons. The molecule has 0 aliphatic rings. The number of carbonyl (C=O) groups excluding carboxylic acids is 1. The average Bonchev–Trinajstić information content (AvgIpc) is 3.26. The van der Waals surface area contributed by atoms with Crippen molar-refractivity contribution < 1.29 is 31.5 Å². The summed E-state index contributed by atoms with van der Waals surface area (Å²) in [4.78, 5) is 14.5. The highest BCUT2D eigenvalue weighted by Crippen LogP contribution is 2.38. The highest BCUT2D eigenvalue weighted by Gasteiger charge is 2.27. The van der Waals surface area contributed by atoms with E-state index in [0.29, 0.717) is 17.6 Å². The Kier molecular flexibility index (Phi) is 8.15. The fraction of sp³-hybridized carbons (Fsp3) is 0.333. The van der Waals surface area contributed by atoms with E-state index in [-0.39, 0.29) is 46.4 Å². The van der Waals surface area contributed by atoms with Crippen LogP contribution in [0.4, 0.5) is 25.0 Å². The third kappa shape index (κ3) is 6.70. The second-order valence-electron chi connectivity index (χ2n) is 10.0. The molecule has 1 N–H and O–H groups in total. The third-order valence-electron chi connectivity index (χ3n) is 5.75.